The third-order valence-corrected chi connectivity index (χ3v) is 4.71. The highest BCUT2D eigenvalue weighted by atomic mass is 127. The molecule has 0 aliphatic rings. The molecule has 0 saturated heterocycles. The quantitative estimate of drug-likeness (QED) is 0.464. The lowest BCUT2D eigenvalue weighted by atomic mass is 10.2. The molecule has 0 N–H and O–H groups in total. The summed E-state index contributed by atoms with van der Waals surface area (Å²) >= 11 is 4.20. The molecule has 94 valence electrons. The normalized spacial score (nSPS) is 10.8. The minimum atomic E-state index is 0.979. The zero-order valence-corrected chi connectivity index (χ0v) is 13.2. The summed E-state index contributed by atoms with van der Waals surface area (Å²) in [6, 6.07) is 17.0. The number of fused-ring (bicyclic) bond motifs is 1. The van der Waals surface area contributed by atoms with Crippen LogP contribution in [0.4, 0.5) is 0 Å². The van der Waals surface area contributed by atoms with Gasteiger partial charge in [0, 0.05) is 32.0 Å². The van der Waals surface area contributed by atoms with Crippen LogP contribution in [0.1, 0.15) is 5.56 Å². The SMILES string of the molecule is Ic1ccc2cncc(SCc3ccccc3)c2c1. The van der Waals surface area contributed by atoms with Gasteiger partial charge < -0.3 is 0 Å². The predicted octanol–water partition coefficient (Wildman–Crippen LogP) is 5.13. The predicted molar refractivity (Wildman–Crippen MR) is 90.5 cm³/mol. The number of thioether (sulfide) groups is 1. The van der Waals surface area contributed by atoms with Crippen molar-refractivity contribution in [1.29, 1.82) is 0 Å². The van der Waals surface area contributed by atoms with Gasteiger partial charge in [-0.3, -0.25) is 4.98 Å². The van der Waals surface area contributed by atoms with Crippen LogP contribution in [0.5, 0.6) is 0 Å². The molecule has 1 nitrogen and oxygen atoms in total. The molecule has 0 bridgehead atoms. The zero-order chi connectivity index (χ0) is 13.1. The van der Waals surface area contributed by atoms with Gasteiger partial charge in [-0.05, 0) is 45.7 Å². The molecule has 0 radical (unpaired) electrons. The monoisotopic (exact) mass is 377 g/mol. The van der Waals surface area contributed by atoms with Crippen LogP contribution in [-0.2, 0) is 5.75 Å². The average molecular weight is 377 g/mol. The first kappa shape index (κ1) is 12.9. The summed E-state index contributed by atoms with van der Waals surface area (Å²) in [7, 11) is 0. The van der Waals surface area contributed by atoms with Crippen molar-refractivity contribution >= 4 is 45.1 Å². The van der Waals surface area contributed by atoms with E-state index in [0.717, 1.165) is 5.75 Å². The minimum absolute atomic E-state index is 0.979. The van der Waals surface area contributed by atoms with Gasteiger partial charge in [0.1, 0.15) is 0 Å². The number of pyridine rings is 1. The summed E-state index contributed by atoms with van der Waals surface area (Å²) in [4.78, 5) is 5.58. The summed E-state index contributed by atoms with van der Waals surface area (Å²) < 4.78 is 1.26. The van der Waals surface area contributed by atoms with E-state index in [4.69, 9.17) is 0 Å². The van der Waals surface area contributed by atoms with Gasteiger partial charge in [-0.1, -0.05) is 36.4 Å². The molecule has 0 unspecified atom stereocenters. The molecule has 0 atom stereocenters. The van der Waals surface area contributed by atoms with E-state index in [-0.39, 0.29) is 0 Å². The Balaban J connectivity index is 1.90. The van der Waals surface area contributed by atoms with E-state index in [0.29, 0.717) is 0 Å². The highest BCUT2D eigenvalue weighted by Crippen LogP contribution is 2.30. The molecule has 0 aliphatic carbocycles. The van der Waals surface area contributed by atoms with E-state index in [9.17, 15) is 0 Å². The number of benzene rings is 2. The lowest BCUT2D eigenvalue weighted by Gasteiger charge is -2.06. The number of nitrogens with zero attached hydrogens (tertiary/aromatic N) is 1. The van der Waals surface area contributed by atoms with Crippen molar-refractivity contribution in [1.82, 2.24) is 4.98 Å². The van der Waals surface area contributed by atoms with E-state index in [1.807, 2.05) is 24.2 Å². The molecule has 0 aliphatic heterocycles. The molecule has 0 amide bonds. The molecule has 3 aromatic rings. The Hall–Kier alpha value is -1.07. The number of hydrogen-bond donors (Lipinski definition) is 0. The second-order valence-electron chi connectivity index (χ2n) is 4.28. The van der Waals surface area contributed by atoms with Crippen LogP contribution in [0, 0.1) is 3.57 Å². The van der Waals surface area contributed by atoms with Gasteiger partial charge in [-0.15, -0.1) is 11.8 Å². The fourth-order valence-corrected chi connectivity index (χ4v) is 3.43. The van der Waals surface area contributed by atoms with Crippen LogP contribution < -0.4 is 0 Å². The summed E-state index contributed by atoms with van der Waals surface area (Å²) in [5, 5.41) is 2.50. The molecule has 0 spiro atoms. The second kappa shape index (κ2) is 5.92. The van der Waals surface area contributed by atoms with Gasteiger partial charge in [0.2, 0.25) is 0 Å². The largest absolute Gasteiger partial charge is 0.263 e. The topological polar surface area (TPSA) is 12.9 Å². The highest BCUT2D eigenvalue weighted by Gasteiger charge is 2.03. The number of aromatic nitrogens is 1. The van der Waals surface area contributed by atoms with Crippen LogP contribution in [0.2, 0.25) is 0 Å². The molecule has 0 saturated carbocycles. The standard InChI is InChI=1S/C16H12INS/c17-14-7-6-13-9-18-10-16(15(13)8-14)19-11-12-4-2-1-3-5-12/h1-10H,11H2. The summed E-state index contributed by atoms with van der Waals surface area (Å²) in [5.74, 6) is 0.979. The van der Waals surface area contributed by atoms with Crippen molar-refractivity contribution < 1.29 is 0 Å². The number of rotatable bonds is 3. The van der Waals surface area contributed by atoms with Gasteiger partial charge in [0.25, 0.3) is 0 Å². The average Bonchev–Trinajstić information content (AvgIpc) is 2.46. The molecule has 1 heterocycles. The number of halogens is 1. The van der Waals surface area contributed by atoms with Gasteiger partial charge in [-0.25, -0.2) is 0 Å². The minimum Gasteiger partial charge on any atom is -0.263 e. The van der Waals surface area contributed by atoms with Crippen LogP contribution in [0.15, 0.2) is 65.8 Å². The van der Waals surface area contributed by atoms with E-state index < -0.39 is 0 Å². The van der Waals surface area contributed by atoms with Crippen molar-refractivity contribution in [2.45, 2.75) is 10.6 Å². The Bertz CT molecular complexity index is 697. The lowest BCUT2D eigenvalue weighted by Crippen LogP contribution is -1.84. The maximum Gasteiger partial charge on any atom is 0.0410 e. The summed E-state index contributed by atoms with van der Waals surface area (Å²) in [5.41, 5.74) is 1.34. The Morgan fingerprint density at radius 2 is 1.84 bits per heavy atom. The smallest absolute Gasteiger partial charge is 0.0410 e. The van der Waals surface area contributed by atoms with Crippen molar-refractivity contribution in [3.8, 4) is 0 Å². The molecule has 2 aromatic carbocycles. The maximum atomic E-state index is 4.33. The Morgan fingerprint density at radius 1 is 1.00 bits per heavy atom. The molecule has 3 heteroatoms. The third kappa shape index (κ3) is 3.09. The molecule has 19 heavy (non-hydrogen) atoms. The molecule has 0 fully saturated rings. The van der Waals surface area contributed by atoms with Gasteiger partial charge in [-0.2, -0.15) is 0 Å². The maximum absolute atomic E-state index is 4.33. The fourth-order valence-electron chi connectivity index (χ4n) is 1.96. The Morgan fingerprint density at radius 3 is 2.68 bits per heavy atom. The highest BCUT2D eigenvalue weighted by molar-refractivity contribution is 14.1. The molecular weight excluding hydrogens is 365 g/mol. The lowest BCUT2D eigenvalue weighted by molar-refractivity contribution is 1.28. The first-order chi connectivity index (χ1) is 9.33. The first-order valence-electron chi connectivity index (χ1n) is 6.03. The molecule has 1 aromatic heterocycles. The molecule has 3 rings (SSSR count). The van der Waals surface area contributed by atoms with Crippen LogP contribution in [-0.4, -0.2) is 4.98 Å². The van der Waals surface area contributed by atoms with E-state index in [1.54, 1.807) is 0 Å². The summed E-state index contributed by atoms with van der Waals surface area (Å²) in [6.45, 7) is 0. The van der Waals surface area contributed by atoms with Gasteiger partial charge >= 0.3 is 0 Å². The number of hydrogen-bond acceptors (Lipinski definition) is 2. The van der Waals surface area contributed by atoms with E-state index in [2.05, 4.69) is 76.1 Å². The molecular formula is C16H12INS. The van der Waals surface area contributed by atoms with Crippen LogP contribution in [0.3, 0.4) is 0 Å². The van der Waals surface area contributed by atoms with Crippen molar-refractivity contribution in [3.05, 3.63) is 70.1 Å². The van der Waals surface area contributed by atoms with Crippen molar-refractivity contribution in [2.75, 3.05) is 0 Å². The van der Waals surface area contributed by atoms with Crippen molar-refractivity contribution in [3.63, 3.8) is 0 Å². The fraction of sp³-hybridized carbons (Fsp3) is 0.0625. The van der Waals surface area contributed by atoms with Crippen LogP contribution >= 0.6 is 34.4 Å². The Kier molecular flexibility index (Phi) is 4.03. The van der Waals surface area contributed by atoms with E-state index >= 15 is 0 Å². The third-order valence-electron chi connectivity index (χ3n) is 2.92. The van der Waals surface area contributed by atoms with Crippen molar-refractivity contribution in [2.24, 2.45) is 0 Å². The Labute approximate surface area is 130 Å². The zero-order valence-electron chi connectivity index (χ0n) is 10.2. The summed E-state index contributed by atoms with van der Waals surface area (Å²) in [6.07, 6.45) is 3.89. The van der Waals surface area contributed by atoms with Gasteiger partial charge in [0.15, 0.2) is 0 Å². The van der Waals surface area contributed by atoms with E-state index in [1.165, 1.54) is 24.8 Å². The second-order valence-corrected chi connectivity index (χ2v) is 6.54. The van der Waals surface area contributed by atoms with Gasteiger partial charge in [0.05, 0.1) is 0 Å². The first-order valence-corrected chi connectivity index (χ1v) is 8.09. The van der Waals surface area contributed by atoms with Crippen LogP contribution in [0.25, 0.3) is 10.8 Å².